The lowest BCUT2D eigenvalue weighted by Crippen LogP contribution is -2.14. The van der Waals surface area contributed by atoms with Gasteiger partial charge in [-0.3, -0.25) is 0 Å². The zero-order chi connectivity index (χ0) is 13.8. The van der Waals surface area contributed by atoms with E-state index in [1.165, 1.54) is 6.07 Å². The van der Waals surface area contributed by atoms with E-state index in [4.69, 9.17) is 11.6 Å². The third-order valence-electron chi connectivity index (χ3n) is 2.65. The molecule has 0 aromatic heterocycles. The van der Waals surface area contributed by atoms with Crippen LogP contribution in [0.25, 0.3) is 0 Å². The van der Waals surface area contributed by atoms with Crippen LogP contribution in [0.3, 0.4) is 0 Å². The molecule has 0 aliphatic carbocycles. The largest absolute Gasteiger partial charge is 0.308 e. The minimum Gasteiger partial charge on any atom is -0.308 e. The van der Waals surface area contributed by atoms with E-state index in [2.05, 4.69) is 37.2 Å². The van der Waals surface area contributed by atoms with Crippen molar-refractivity contribution in [3.63, 3.8) is 0 Å². The maximum Gasteiger partial charge on any atom is 0.127 e. The molecule has 2 aromatic rings. The third-order valence-corrected chi connectivity index (χ3v) is 3.99. The first-order valence-corrected chi connectivity index (χ1v) is 7.61. The van der Waals surface area contributed by atoms with Crippen molar-refractivity contribution < 1.29 is 4.39 Å². The van der Waals surface area contributed by atoms with E-state index in [-0.39, 0.29) is 5.82 Å². The summed E-state index contributed by atoms with van der Waals surface area (Å²) in [4.78, 5) is 0. The predicted octanol–water partition coefficient (Wildman–Crippen LogP) is 5.29. The molecule has 100 valence electrons. The molecule has 0 aliphatic rings. The Morgan fingerprint density at radius 3 is 2.32 bits per heavy atom. The van der Waals surface area contributed by atoms with Gasteiger partial charge in [-0.05, 0) is 35.9 Å². The van der Waals surface area contributed by atoms with Gasteiger partial charge in [0.15, 0.2) is 0 Å². The smallest absolute Gasteiger partial charge is 0.127 e. The molecule has 0 fully saturated rings. The molecule has 0 radical (unpaired) electrons. The lowest BCUT2D eigenvalue weighted by molar-refractivity contribution is 0.587. The molecule has 0 saturated carbocycles. The molecular formula is C14H11Br2ClFN. The summed E-state index contributed by atoms with van der Waals surface area (Å²) in [6.45, 7) is 1.05. The van der Waals surface area contributed by atoms with Gasteiger partial charge < -0.3 is 5.32 Å². The van der Waals surface area contributed by atoms with Gasteiger partial charge in [0.2, 0.25) is 0 Å². The quantitative estimate of drug-likeness (QED) is 0.726. The zero-order valence-corrected chi connectivity index (χ0v) is 13.8. The summed E-state index contributed by atoms with van der Waals surface area (Å²) in [5.41, 5.74) is 1.61. The van der Waals surface area contributed by atoms with Crippen LogP contribution < -0.4 is 5.32 Å². The van der Waals surface area contributed by atoms with Crippen molar-refractivity contribution in [2.75, 3.05) is 0 Å². The topological polar surface area (TPSA) is 12.0 Å². The summed E-state index contributed by atoms with van der Waals surface area (Å²) >= 11 is 12.8. The molecule has 1 nitrogen and oxygen atoms in total. The lowest BCUT2D eigenvalue weighted by atomic mass is 10.2. The number of rotatable bonds is 4. The molecule has 2 rings (SSSR count). The highest BCUT2D eigenvalue weighted by atomic mass is 79.9. The number of nitrogens with one attached hydrogen (secondary N) is 1. The van der Waals surface area contributed by atoms with Crippen molar-refractivity contribution >= 4 is 43.5 Å². The molecule has 0 saturated heterocycles. The van der Waals surface area contributed by atoms with Crippen LogP contribution in [0, 0.1) is 5.82 Å². The van der Waals surface area contributed by atoms with E-state index in [0.717, 1.165) is 14.5 Å². The molecular weight excluding hydrogens is 396 g/mol. The molecule has 0 aliphatic heterocycles. The summed E-state index contributed by atoms with van der Waals surface area (Å²) < 4.78 is 15.3. The molecule has 1 N–H and O–H groups in total. The normalized spacial score (nSPS) is 10.7. The van der Waals surface area contributed by atoms with Crippen LogP contribution in [0.5, 0.6) is 0 Å². The molecule has 0 atom stereocenters. The molecule has 2 aromatic carbocycles. The van der Waals surface area contributed by atoms with Crippen LogP contribution in [0.2, 0.25) is 5.02 Å². The maximum atomic E-state index is 13.5. The van der Waals surface area contributed by atoms with Crippen molar-refractivity contribution in [1.82, 2.24) is 5.32 Å². The van der Waals surface area contributed by atoms with Gasteiger partial charge in [-0.2, -0.15) is 0 Å². The highest BCUT2D eigenvalue weighted by Crippen LogP contribution is 2.21. The standard InChI is InChI=1S/C14H11Br2ClFN/c15-11-3-4-14(18)10(5-11)8-19-7-9-1-2-12(16)6-13(9)17/h1-6,19H,7-8H2. The van der Waals surface area contributed by atoms with Gasteiger partial charge in [0.05, 0.1) is 0 Å². The molecule has 19 heavy (non-hydrogen) atoms. The van der Waals surface area contributed by atoms with E-state index >= 15 is 0 Å². The fraction of sp³-hybridized carbons (Fsp3) is 0.143. The van der Waals surface area contributed by atoms with Crippen molar-refractivity contribution in [2.45, 2.75) is 13.1 Å². The fourth-order valence-electron chi connectivity index (χ4n) is 1.68. The average Bonchev–Trinajstić information content (AvgIpc) is 2.36. The van der Waals surface area contributed by atoms with E-state index in [1.54, 1.807) is 12.1 Å². The Kier molecular flexibility index (Phi) is 5.39. The molecule has 0 heterocycles. The average molecular weight is 408 g/mol. The van der Waals surface area contributed by atoms with E-state index in [0.29, 0.717) is 23.7 Å². The molecule has 5 heteroatoms. The summed E-state index contributed by atoms with van der Waals surface area (Å²) in [5.74, 6) is -0.211. The van der Waals surface area contributed by atoms with Crippen molar-refractivity contribution in [2.24, 2.45) is 0 Å². The molecule has 0 bridgehead atoms. The zero-order valence-electron chi connectivity index (χ0n) is 9.89. The Morgan fingerprint density at radius 2 is 1.58 bits per heavy atom. The SMILES string of the molecule is Fc1ccc(Br)cc1CNCc1ccc(Br)cc1Cl. The van der Waals surface area contributed by atoms with Gasteiger partial charge in [0, 0.05) is 32.6 Å². The summed E-state index contributed by atoms with van der Waals surface area (Å²) in [5, 5.41) is 3.88. The van der Waals surface area contributed by atoms with Crippen molar-refractivity contribution in [3.8, 4) is 0 Å². The summed E-state index contributed by atoms with van der Waals surface area (Å²) in [6.07, 6.45) is 0. The van der Waals surface area contributed by atoms with Gasteiger partial charge in [-0.15, -0.1) is 0 Å². The Morgan fingerprint density at radius 1 is 0.947 bits per heavy atom. The summed E-state index contributed by atoms with van der Waals surface area (Å²) in [7, 11) is 0. The summed E-state index contributed by atoms with van der Waals surface area (Å²) in [6, 6.07) is 10.6. The Hall–Kier alpha value is -0.420. The van der Waals surface area contributed by atoms with Crippen LogP contribution in [-0.4, -0.2) is 0 Å². The molecule has 0 unspecified atom stereocenters. The van der Waals surface area contributed by atoms with Crippen molar-refractivity contribution in [1.29, 1.82) is 0 Å². The third kappa shape index (κ3) is 4.28. The minimum absolute atomic E-state index is 0.211. The minimum atomic E-state index is -0.211. The van der Waals surface area contributed by atoms with E-state index in [9.17, 15) is 4.39 Å². The monoisotopic (exact) mass is 405 g/mol. The number of halogens is 4. The highest BCUT2D eigenvalue weighted by Gasteiger charge is 2.04. The first kappa shape index (κ1) is 15.0. The van der Waals surface area contributed by atoms with Gasteiger partial charge in [0.1, 0.15) is 5.82 Å². The van der Waals surface area contributed by atoms with Gasteiger partial charge in [0.25, 0.3) is 0 Å². The van der Waals surface area contributed by atoms with Gasteiger partial charge in [-0.1, -0.05) is 49.5 Å². The lowest BCUT2D eigenvalue weighted by Gasteiger charge is -2.08. The molecule has 0 amide bonds. The van der Waals surface area contributed by atoms with Crippen LogP contribution in [0.15, 0.2) is 45.3 Å². The number of hydrogen-bond acceptors (Lipinski definition) is 1. The second kappa shape index (κ2) is 6.84. The Balaban J connectivity index is 1.98. The van der Waals surface area contributed by atoms with Crippen molar-refractivity contribution in [3.05, 3.63) is 67.3 Å². The first-order chi connectivity index (χ1) is 9.06. The predicted molar refractivity (Wildman–Crippen MR) is 83.8 cm³/mol. The fourth-order valence-corrected chi connectivity index (χ4v) is 2.82. The van der Waals surface area contributed by atoms with Crippen LogP contribution >= 0.6 is 43.5 Å². The molecule has 0 spiro atoms. The van der Waals surface area contributed by atoms with E-state index in [1.807, 2.05) is 18.2 Å². The van der Waals surface area contributed by atoms with Crippen LogP contribution in [0.4, 0.5) is 4.39 Å². The Labute approximate surface area is 133 Å². The highest BCUT2D eigenvalue weighted by molar-refractivity contribution is 9.10. The Bertz CT molecular complexity index is 590. The van der Waals surface area contributed by atoms with Crippen LogP contribution in [-0.2, 0) is 13.1 Å². The van der Waals surface area contributed by atoms with Crippen LogP contribution in [0.1, 0.15) is 11.1 Å². The second-order valence-electron chi connectivity index (χ2n) is 4.08. The van der Waals surface area contributed by atoms with E-state index < -0.39 is 0 Å². The maximum absolute atomic E-state index is 13.5. The number of benzene rings is 2. The van der Waals surface area contributed by atoms with Gasteiger partial charge >= 0.3 is 0 Å². The van der Waals surface area contributed by atoms with Gasteiger partial charge in [-0.25, -0.2) is 4.39 Å². The number of hydrogen-bond donors (Lipinski definition) is 1. The second-order valence-corrected chi connectivity index (χ2v) is 6.31. The first-order valence-electron chi connectivity index (χ1n) is 5.65.